The average molecular weight is 499 g/mol. The van der Waals surface area contributed by atoms with Crippen LogP contribution in [0.25, 0.3) is 0 Å². The van der Waals surface area contributed by atoms with Crippen molar-refractivity contribution in [3.63, 3.8) is 0 Å². The lowest BCUT2D eigenvalue weighted by Crippen LogP contribution is -2.21. The van der Waals surface area contributed by atoms with Gasteiger partial charge in [0.1, 0.15) is 34.6 Å². The number of nitrogens with two attached hydrogens (primary N) is 1. The van der Waals surface area contributed by atoms with E-state index in [9.17, 15) is 10.1 Å². The van der Waals surface area contributed by atoms with E-state index in [1.807, 2.05) is 31.2 Å². The Labute approximate surface area is 217 Å². The number of ether oxygens (including phenoxy) is 4. The molecule has 7 heteroatoms. The highest BCUT2D eigenvalue weighted by atomic mass is 16.5. The topological polar surface area (TPSA) is 104 Å². The number of carbonyl (C=O) groups is 1. The molecule has 7 nitrogen and oxygen atoms in total. The number of carbonyl (C=O) groups excluding carboxylic acids is 1. The summed E-state index contributed by atoms with van der Waals surface area (Å²) in [6.07, 6.45) is 3.12. The highest BCUT2D eigenvalue weighted by molar-refractivity contribution is 5.91. The second-order valence-corrected chi connectivity index (χ2v) is 8.56. The Bertz CT molecular complexity index is 1320. The normalized spacial score (nSPS) is 14.2. The number of benzene rings is 3. The van der Waals surface area contributed by atoms with Crippen LogP contribution in [0, 0.1) is 11.3 Å². The lowest BCUT2D eigenvalue weighted by molar-refractivity contribution is 0.0734. The Balaban J connectivity index is 1.61. The van der Waals surface area contributed by atoms with Crippen LogP contribution in [-0.2, 0) is 0 Å². The summed E-state index contributed by atoms with van der Waals surface area (Å²) in [6, 6.07) is 21.7. The average Bonchev–Trinajstić information content (AvgIpc) is 2.91. The van der Waals surface area contributed by atoms with Gasteiger partial charge in [-0.15, -0.1) is 0 Å². The van der Waals surface area contributed by atoms with Crippen molar-refractivity contribution in [2.45, 2.75) is 39.0 Å². The first-order valence-corrected chi connectivity index (χ1v) is 12.4. The Morgan fingerprint density at radius 2 is 1.73 bits per heavy atom. The van der Waals surface area contributed by atoms with E-state index in [1.165, 1.54) is 0 Å². The number of rotatable bonds is 10. The molecule has 0 bridgehead atoms. The molecule has 0 amide bonds. The van der Waals surface area contributed by atoms with Gasteiger partial charge in [-0.25, -0.2) is 4.79 Å². The zero-order valence-corrected chi connectivity index (χ0v) is 21.0. The standard InChI is InChI=1S/C30H30N2O5/c1-3-5-8-17-35-26-10-7-6-9-23(26)28-24-16-15-22(18-27(24)37-29(32)25(28)19-31)36-30(33)20-11-13-21(14-12-20)34-4-2/h6-7,9-16,18,28H,3-5,8,17,32H2,1-2H3. The molecular weight excluding hydrogens is 468 g/mol. The first-order chi connectivity index (χ1) is 18.0. The van der Waals surface area contributed by atoms with Gasteiger partial charge >= 0.3 is 5.97 Å². The minimum Gasteiger partial charge on any atom is -0.494 e. The summed E-state index contributed by atoms with van der Waals surface area (Å²) < 4.78 is 22.9. The van der Waals surface area contributed by atoms with Crippen LogP contribution in [0.3, 0.4) is 0 Å². The van der Waals surface area contributed by atoms with Gasteiger partial charge in [-0.3, -0.25) is 0 Å². The molecule has 1 aliphatic rings. The Morgan fingerprint density at radius 3 is 2.46 bits per heavy atom. The number of para-hydroxylation sites is 1. The lowest BCUT2D eigenvalue weighted by atomic mass is 9.83. The van der Waals surface area contributed by atoms with Crippen LogP contribution < -0.4 is 24.7 Å². The molecular formula is C30H30N2O5. The third kappa shape index (κ3) is 5.87. The molecule has 0 fully saturated rings. The molecule has 1 unspecified atom stereocenters. The Kier molecular flexibility index (Phi) is 8.32. The first-order valence-electron chi connectivity index (χ1n) is 12.4. The molecule has 3 aromatic carbocycles. The van der Waals surface area contributed by atoms with Crippen molar-refractivity contribution in [1.82, 2.24) is 0 Å². The smallest absolute Gasteiger partial charge is 0.343 e. The molecule has 2 N–H and O–H groups in total. The van der Waals surface area contributed by atoms with Crippen molar-refractivity contribution < 1.29 is 23.7 Å². The number of allylic oxidation sites excluding steroid dienone is 1. The highest BCUT2D eigenvalue weighted by Crippen LogP contribution is 2.46. The largest absolute Gasteiger partial charge is 0.494 e. The van der Waals surface area contributed by atoms with Gasteiger partial charge in [0.25, 0.3) is 0 Å². The van der Waals surface area contributed by atoms with Gasteiger partial charge in [0.2, 0.25) is 5.88 Å². The van der Waals surface area contributed by atoms with Gasteiger partial charge in [-0.05, 0) is 49.7 Å². The zero-order chi connectivity index (χ0) is 26.2. The molecule has 0 saturated carbocycles. The van der Waals surface area contributed by atoms with Gasteiger partial charge in [0.15, 0.2) is 0 Å². The summed E-state index contributed by atoms with van der Waals surface area (Å²) in [5.41, 5.74) is 8.42. The summed E-state index contributed by atoms with van der Waals surface area (Å²) in [5.74, 6) is 1.11. The third-order valence-electron chi connectivity index (χ3n) is 6.04. The van der Waals surface area contributed by atoms with E-state index in [-0.39, 0.29) is 5.88 Å². The Morgan fingerprint density at radius 1 is 0.973 bits per heavy atom. The number of hydrogen-bond donors (Lipinski definition) is 1. The summed E-state index contributed by atoms with van der Waals surface area (Å²) in [4.78, 5) is 12.7. The summed E-state index contributed by atoms with van der Waals surface area (Å²) in [7, 11) is 0. The van der Waals surface area contributed by atoms with Crippen LogP contribution in [0.5, 0.6) is 23.0 Å². The van der Waals surface area contributed by atoms with Crippen LogP contribution >= 0.6 is 0 Å². The molecule has 0 spiro atoms. The van der Waals surface area contributed by atoms with E-state index in [0.717, 1.165) is 30.4 Å². The number of esters is 1. The van der Waals surface area contributed by atoms with Gasteiger partial charge in [0.05, 0.1) is 24.7 Å². The maximum Gasteiger partial charge on any atom is 0.343 e. The summed E-state index contributed by atoms with van der Waals surface area (Å²) in [5, 5.41) is 9.92. The van der Waals surface area contributed by atoms with Crippen LogP contribution in [-0.4, -0.2) is 19.2 Å². The predicted octanol–water partition coefficient (Wildman–Crippen LogP) is 6.09. The molecule has 190 valence electrons. The van der Waals surface area contributed by atoms with Crippen molar-refractivity contribution in [2.24, 2.45) is 5.73 Å². The maximum absolute atomic E-state index is 12.7. The van der Waals surface area contributed by atoms with Crippen molar-refractivity contribution in [2.75, 3.05) is 13.2 Å². The number of nitriles is 1. The molecule has 0 aliphatic carbocycles. The van der Waals surface area contributed by atoms with E-state index in [0.29, 0.717) is 47.3 Å². The number of nitrogens with zero attached hydrogens (tertiary/aromatic N) is 1. The third-order valence-corrected chi connectivity index (χ3v) is 6.04. The fourth-order valence-corrected chi connectivity index (χ4v) is 4.22. The van der Waals surface area contributed by atoms with Crippen molar-refractivity contribution in [3.05, 3.63) is 94.9 Å². The second-order valence-electron chi connectivity index (χ2n) is 8.56. The minimum absolute atomic E-state index is 0.00998. The van der Waals surface area contributed by atoms with E-state index in [4.69, 9.17) is 24.7 Å². The van der Waals surface area contributed by atoms with Crippen molar-refractivity contribution in [3.8, 4) is 29.1 Å². The van der Waals surface area contributed by atoms with Crippen LogP contribution in [0.4, 0.5) is 0 Å². The van der Waals surface area contributed by atoms with Crippen LogP contribution in [0.15, 0.2) is 78.2 Å². The summed E-state index contributed by atoms with van der Waals surface area (Å²) in [6.45, 7) is 5.16. The predicted molar refractivity (Wildman–Crippen MR) is 140 cm³/mol. The van der Waals surface area contributed by atoms with Gasteiger partial charge < -0.3 is 24.7 Å². The highest BCUT2D eigenvalue weighted by Gasteiger charge is 2.33. The minimum atomic E-state index is -0.512. The van der Waals surface area contributed by atoms with Gasteiger partial charge in [-0.1, -0.05) is 44.0 Å². The molecule has 0 aromatic heterocycles. The van der Waals surface area contributed by atoms with Crippen LogP contribution in [0.2, 0.25) is 0 Å². The molecule has 1 aliphatic heterocycles. The molecule has 37 heavy (non-hydrogen) atoms. The molecule has 1 atom stereocenters. The number of unbranched alkanes of at least 4 members (excludes halogenated alkanes) is 2. The first kappa shape index (κ1) is 25.6. The zero-order valence-electron chi connectivity index (χ0n) is 21.0. The van der Waals surface area contributed by atoms with Gasteiger partial charge in [0, 0.05) is 17.2 Å². The van der Waals surface area contributed by atoms with Gasteiger partial charge in [-0.2, -0.15) is 5.26 Å². The fourth-order valence-electron chi connectivity index (χ4n) is 4.22. The molecule has 0 radical (unpaired) electrons. The van der Waals surface area contributed by atoms with E-state index < -0.39 is 11.9 Å². The quantitative estimate of drug-likeness (QED) is 0.205. The molecule has 1 heterocycles. The summed E-state index contributed by atoms with van der Waals surface area (Å²) >= 11 is 0. The van der Waals surface area contributed by atoms with E-state index >= 15 is 0 Å². The molecule has 3 aromatic rings. The molecule has 0 saturated heterocycles. The Hall–Kier alpha value is -4.44. The van der Waals surface area contributed by atoms with Crippen molar-refractivity contribution in [1.29, 1.82) is 5.26 Å². The fraction of sp³-hybridized carbons (Fsp3) is 0.267. The van der Waals surface area contributed by atoms with E-state index in [2.05, 4.69) is 13.0 Å². The monoisotopic (exact) mass is 498 g/mol. The number of hydrogen-bond acceptors (Lipinski definition) is 7. The van der Waals surface area contributed by atoms with E-state index in [1.54, 1.807) is 42.5 Å². The van der Waals surface area contributed by atoms with Crippen LogP contribution in [0.1, 0.15) is 60.5 Å². The maximum atomic E-state index is 12.7. The SMILES string of the molecule is CCCCCOc1ccccc1C1C(C#N)=C(N)Oc2cc(OC(=O)c3ccc(OCC)cc3)ccc21. The molecule has 4 rings (SSSR count). The van der Waals surface area contributed by atoms with Crippen molar-refractivity contribution >= 4 is 5.97 Å². The lowest BCUT2D eigenvalue weighted by Gasteiger charge is -2.28. The number of fused-ring (bicyclic) bond motifs is 1. The second kappa shape index (κ2) is 12.0.